The number of nitrogens with one attached hydrogen (secondary N) is 3. The molecule has 47 heavy (non-hydrogen) atoms. The molecule has 3 heterocycles. The summed E-state index contributed by atoms with van der Waals surface area (Å²) >= 11 is 0. The van der Waals surface area contributed by atoms with Crippen LogP contribution in [0, 0.1) is 21.8 Å². The highest BCUT2D eigenvalue weighted by Crippen LogP contribution is 2.36. The van der Waals surface area contributed by atoms with Gasteiger partial charge in [-0.25, -0.2) is 14.2 Å². The van der Waals surface area contributed by atoms with E-state index in [1.807, 2.05) is 30.3 Å². The molecule has 3 N–H and O–H groups in total. The number of nitro benzene ring substituents is 1. The van der Waals surface area contributed by atoms with Gasteiger partial charge in [0.15, 0.2) is 17.3 Å². The topological polar surface area (TPSA) is 165 Å². The van der Waals surface area contributed by atoms with Crippen LogP contribution in [0.25, 0.3) is 5.70 Å². The molecule has 0 radical (unpaired) electrons. The first-order valence-electron chi connectivity index (χ1n) is 14.4. The van der Waals surface area contributed by atoms with Gasteiger partial charge in [-0.05, 0) is 54.6 Å². The molecular formula is C33H27FN6O7. The molecule has 1 saturated heterocycles. The summed E-state index contributed by atoms with van der Waals surface area (Å²) in [5.41, 5.74) is 2.51. The number of fused-ring (bicyclic) bond motifs is 1. The number of aromatic nitrogens is 1. The molecule has 2 atom stereocenters. The van der Waals surface area contributed by atoms with Crippen LogP contribution in [-0.4, -0.2) is 58.8 Å². The Kier molecular flexibility index (Phi) is 8.47. The van der Waals surface area contributed by atoms with Gasteiger partial charge in [0.1, 0.15) is 11.6 Å². The van der Waals surface area contributed by atoms with Crippen molar-refractivity contribution in [3.63, 3.8) is 0 Å². The van der Waals surface area contributed by atoms with Gasteiger partial charge in [0.2, 0.25) is 0 Å². The summed E-state index contributed by atoms with van der Waals surface area (Å²) in [7, 11) is 1.30. The van der Waals surface area contributed by atoms with Gasteiger partial charge in [-0.2, -0.15) is 0 Å². The molecule has 3 aromatic carbocycles. The third-order valence-electron chi connectivity index (χ3n) is 7.69. The highest BCUT2D eigenvalue weighted by Gasteiger charge is 2.46. The molecule has 0 spiro atoms. The molecule has 238 valence electrons. The lowest BCUT2D eigenvalue weighted by Crippen LogP contribution is -2.55. The number of rotatable bonds is 8. The second-order valence-electron chi connectivity index (χ2n) is 10.7. The number of hydrogen-bond donors (Lipinski definition) is 3. The maximum absolute atomic E-state index is 13.9. The van der Waals surface area contributed by atoms with Gasteiger partial charge in [0.05, 0.1) is 41.9 Å². The lowest BCUT2D eigenvalue weighted by Gasteiger charge is -2.34. The van der Waals surface area contributed by atoms with Crippen LogP contribution in [0.2, 0.25) is 0 Å². The summed E-state index contributed by atoms with van der Waals surface area (Å²) in [4.78, 5) is 55.6. The van der Waals surface area contributed by atoms with E-state index in [2.05, 4.69) is 20.9 Å². The van der Waals surface area contributed by atoms with Crippen LogP contribution in [0.1, 0.15) is 15.9 Å². The number of likely N-dealkylation sites (tertiary alicyclic amines) is 1. The van der Waals surface area contributed by atoms with Crippen LogP contribution in [0.3, 0.4) is 0 Å². The van der Waals surface area contributed by atoms with E-state index in [-0.39, 0.29) is 47.4 Å². The fraction of sp³-hybridized carbons (Fsp3) is 0.152. The zero-order valence-corrected chi connectivity index (χ0v) is 24.8. The molecule has 0 aliphatic carbocycles. The number of pyridine rings is 1. The third kappa shape index (κ3) is 6.56. The van der Waals surface area contributed by atoms with E-state index in [4.69, 9.17) is 9.47 Å². The zero-order valence-electron chi connectivity index (χ0n) is 24.8. The Balaban J connectivity index is 1.25. The number of ketones is 1. The molecule has 2 amide bonds. The Hall–Kier alpha value is -6.31. The standard InChI is InChI=1S/C33H27FN6O7/c1-46-27-15-20(7-12-24(27)34)32(42)38-28-16-19(13-14-35-28)30-31(36-21-5-3-2-4-6-21)29-25(37-30)17-39(18-26(29)41)33(43)47-23-10-8-22(9-11-23)40(44)45/h2-16,25,29,36-37H,17-18H2,1H3,(H,35,38,42). The predicted octanol–water partition coefficient (Wildman–Crippen LogP) is 4.84. The maximum atomic E-state index is 13.9. The number of nitro groups is 1. The van der Waals surface area contributed by atoms with Crippen LogP contribution >= 0.6 is 0 Å². The van der Waals surface area contributed by atoms with E-state index in [1.54, 1.807) is 12.1 Å². The molecule has 2 aliphatic rings. The van der Waals surface area contributed by atoms with Gasteiger partial charge in [0.25, 0.3) is 11.6 Å². The number of carbonyl (C=O) groups is 3. The Bertz CT molecular complexity index is 1900. The van der Waals surface area contributed by atoms with Crippen molar-refractivity contribution in [2.24, 2.45) is 5.92 Å². The summed E-state index contributed by atoms with van der Waals surface area (Å²) in [5, 5.41) is 20.4. The summed E-state index contributed by atoms with van der Waals surface area (Å²) in [5.74, 6) is -1.79. The molecule has 1 aromatic heterocycles. The average molecular weight is 639 g/mol. The van der Waals surface area contributed by atoms with Crippen LogP contribution in [0.15, 0.2) is 96.8 Å². The Labute approximate surface area is 267 Å². The number of methoxy groups -OCH3 is 1. The number of non-ortho nitro benzene ring substituents is 1. The minimum absolute atomic E-state index is 0.0748. The van der Waals surface area contributed by atoms with Crippen LogP contribution < -0.4 is 25.4 Å². The SMILES string of the molecule is COc1cc(C(=O)Nc2cc(C3=C(Nc4ccccc4)C4C(=O)CN(C(=O)Oc5ccc([N+](=O)[O-])cc5)CC4N3)ccn2)ccc1F. The molecule has 0 saturated carbocycles. The van der Waals surface area contributed by atoms with E-state index >= 15 is 0 Å². The van der Waals surface area contributed by atoms with Gasteiger partial charge >= 0.3 is 6.09 Å². The number of para-hydroxylation sites is 1. The number of ether oxygens (including phenoxy) is 2. The van der Waals surface area contributed by atoms with Crippen molar-refractivity contribution < 1.29 is 33.2 Å². The van der Waals surface area contributed by atoms with Gasteiger partial charge in [-0.15, -0.1) is 0 Å². The fourth-order valence-electron chi connectivity index (χ4n) is 5.47. The highest BCUT2D eigenvalue weighted by molar-refractivity contribution is 6.04. The molecule has 13 nitrogen and oxygen atoms in total. The van der Waals surface area contributed by atoms with E-state index < -0.39 is 34.7 Å². The number of hydrogen-bond acceptors (Lipinski definition) is 10. The largest absolute Gasteiger partial charge is 0.494 e. The lowest BCUT2D eigenvalue weighted by atomic mass is 9.89. The maximum Gasteiger partial charge on any atom is 0.415 e. The number of carbonyl (C=O) groups excluding carboxylic acids is 3. The van der Waals surface area contributed by atoms with Crippen molar-refractivity contribution in [2.75, 3.05) is 30.8 Å². The molecule has 2 aliphatic heterocycles. The first-order chi connectivity index (χ1) is 22.7. The normalized spacial score (nSPS) is 17.0. The number of amides is 2. The minimum Gasteiger partial charge on any atom is -0.494 e. The quantitative estimate of drug-likeness (QED) is 0.180. The molecular weight excluding hydrogens is 611 g/mol. The summed E-state index contributed by atoms with van der Waals surface area (Å²) in [6.07, 6.45) is 0.729. The average Bonchev–Trinajstić information content (AvgIpc) is 3.44. The highest BCUT2D eigenvalue weighted by atomic mass is 19.1. The Morgan fingerprint density at radius 1 is 1.06 bits per heavy atom. The predicted molar refractivity (Wildman–Crippen MR) is 168 cm³/mol. The van der Waals surface area contributed by atoms with Gasteiger partial charge < -0.3 is 25.4 Å². The monoisotopic (exact) mass is 638 g/mol. The van der Waals surface area contributed by atoms with Crippen LogP contribution in [0.4, 0.5) is 26.4 Å². The first kappa shape index (κ1) is 30.7. The van der Waals surface area contributed by atoms with Crippen molar-refractivity contribution >= 4 is 40.7 Å². The molecule has 6 rings (SSSR count). The second-order valence-corrected chi connectivity index (χ2v) is 10.7. The van der Waals surface area contributed by atoms with E-state index in [9.17, 15) is 28.9 Å². The number of halogens is 1. The van der Waals surface area contributed by atoms with Gasteiger partial charge in [0, 0.05) is 41.7 Å². The van der Waals surface area contributed by atoms with E-state index in [0.29, 0.717) is 17.0 Å². The van der Waals surface area contributed by atoms with Gasteiger partial charge in [-0.3, -0.25) is 24.6 Å². The van der Waals surface area contributed by atoms with E-state index in [0.717, 1.165) is 11.8 Å². The number of piperidine rings is 1. The minimum atomic E-state index is -0.773. The number of anilines is 2. The summed E-state index contributed by atoms with van der Waals surface area (Å²) < 4.78 is 24.3. The zero-order chi connectivity index (χ0) is 33.1. The molecule has 14 heteroatoms. The lowest BCUT2D eigenvalue weighted by molar-refractivity contribution is -0.384. The Morgan fingerprint density at radius 3 is 2.55 bits per heavy atom. The van der Waals surface area contributed by atoms with Crippen molar-refractivity contribution in [1.29, 1.82) is 0 Å². The van der Waals surface area contributed by atoms with Crippen LogP contribution in [0.5, 0.6) is 11.5 Å². The first-order valence-corrected chi connectivity index (χ1v) is 14.4. The number of benzene rings is 3. The van der Waals surface area contributed by atoms with Crippen molar-refractivity contribution in [3.05, 3.63) is 124 Å². The smallest absolute Gasteiger partial charge is 0.415 e. The molecule has 4 aromatic rings. The molecule has 2 unspecified atom stereocenters. The number of Topliss-reactive ketones (excluding diaryl/α,β-unsaturated/α-hetero) is 1. The summed E-state index contributed by atoms with van der Waals surface area (Å²) in [6, 6.07) is 20.9. The van der Waals surface area contributed by atoms with Crippen molar-refractivity contribution in [3.8, 4) is 11.5 Å². The molecule has 0 bridgehead atoms. The van der Waals surface area contributed by atoms with E-state index in [1.165, 1.54) is 54.6 Å². The third-order valence-corrected chi connectivity index (χ3v) is 7.69. The second kappa shape index (κ2) is 13.0. The fourth-order valence-corrected chi connectivity index (χ4v) is 5.47. The van der Waals surface area contributed by atoms with Crippen LogP contribution in [-0.2, 0) is 4.79 Å². The van der Waals surface area contributed by atoms with Crippen molar-refractivity contribution in [2.45, 2.75) is 6.04 Å². The summed E-state index contributed by atoms with van der Waals surface area (Å²) in [6.45, 7) is -0.104. The van der Waals surface area contributed by atoms with Gasteiger partial charge in [-0.1, -0.05) is 18.2 Å². The number of nitrogens with zero attached hydrogens (tertiary/aromatic N) is 3. The molecule has 1 fully saturated rings. The Morgan fingerprint density at radius 2 is 1.83 bits per heavy atom. The van der Waals surface area contributed by atoms with Crippen molar-refractivity contribution in [1.82, 2.24) is 15.2 Å².